The van der Waals surface area contributed by atoms with Crippen LogP contribution >= 0.6 is 0 Å². The maximum Gasteiger partial charge on any atom is 0.321 e. The first-order chi connectivity index (χ1) is 7.11. The van der Waals surface area contributed by atoms with Gasteiger partial charge >= 0.3 is 6.03 Å². The highest BCUT2D eigenvalue weighted by Crippen LogP contribution is 1.93. The molecule has 0 heterocycles. The molecule has 0 saturated heterocycles. The van der Waals surface area contributed by atoms with E-state index in [-0.39, 0.29) is 32.3 Å². The van der Waals surface area contributed by atoms with Crippen LogP contribution in [0.2, 0.25) is 0 Å². The summed E-state index contributed by atoms with van der Waals surface area (Å²) >= 11 is 0. The molecule has 0 unspecified atom stereocenters. The number of carbonyl (C=O) groups excluding carboxylic acids is 1. The molecule has 0 spiro atoms. The molecule has 0 aromatic carbocycles. The second-order valence-electron chi connectivity index (χ2n) is 3.49. The first-order valence-electron chi connectivity index (χ1n) is 5.05. The summed E-state index contributed by atoms with van der Waals surface area (Å²) in [6.45, 7) is 4.23. The van der Waals surface area contributed by atoms with Crippen LogP contribution < -0.4 is 5.32 Å². The molecular formula is C10H20N2O3. The fourth-order valence-corrected chi connectivity index (χ4v) is 0.959. The van der Waals surface area contributed by atoms with Gasteiger partial charge in [0, 0.05) is 19.3 Å². The molecule has 5 heteroatoms. The molecule has 0 aliphatic carbocycles. The van der Waals surface area contributed by atoms with E-state index in [1.807, 2.05) is 19.9 Å². The van der Waals surface area contributed by atoms with Crippen molar-refractivity contribution in [2.75, 3.05) is 26.3 Å². The number of aliphatic hydroxyl groups is 2. The molecule has 5 nitrogen and oxygen atoms in total. The number of nitrogens with one attached hydrogen (secondary N) is 1. The highest BCUT2D eigenvalue weighted by molar-refractivity contribution is 5.75. The summed E-state index contributed by atoms with van der Waals surface area (Å²) in [5.74, 6) is 0.370. The van der Waals surface area contributed by atoms with Crippen molar-refractivity contribution >= 4 is 6.03 Å². The van der Waals surface area contributed by atoms with Gasteiger partial charge in [-0.2, -0.15) is 0 Å². The first kappa shape index (κ1) is 13.9. The Kier molecular flexibility index (Phi) is 7.67. The zero-order valence-corrected chi connectivity index (χ0v) is 9.31. The SMILES string of the molecule is CC(C)/C=C/NC(=O)N(CCO)CCO. The van der Waals surface area contributed by atoms with E-state index >= 15 is 0 Å². The molecule has 0 aromatic heterocycles. The van der Waals surface area contributed by atoms with Crippen molar-refractivity contribution < 1.29 is 15.0 Å². The third-order valence-corrected chi connectivity index (χ3v) is 1.71. The predicted octanol–water partition coefficient (Wildman–Crippen LogP) is 0.152. The van der Waals surface area contributed by atoms with E-state index in [0.29, 0.717) is 5.92 Å². The van der Waals surface area contributed by atoms with Gasteiger partial charge in [-0.25, -0.2) is 4.79 Å². The summed E-state index contributed by atoms with van der Waals surface area (Å²) < 4.78 is 0. The fraction of sp³-hybridized carbons (Fsp3) is 0.700. The van der Waals surface area contributed by atoms with Gasteiger partial charge in [0.15, 0.2) is 0 Å². The molecule has 0 saturated carbocycles. The summed E-state index contributed by atoms with van der Waals surface area (Å²) in [6.07, 6.45) is 3.43. The zero-order valence-electron chi connectivity index (χ0n) is 9.31. The highest BCUT2D eigenvalue weighted by Gasteiger charge is 2.09. The molecule has 3 N–H and O–H groups in total. The number of hydrogen-bond acceptors (Lipinski definition) is 3. The predicted molar refractivity (Wildman–Crippen MR) is 58.3 cm³/mol. The third kappa shape index (κ3) is 6.93. The van der Waals surface area contributed by atoms with Crippen LogP contribution in [0.4, 0.5) is 4.79 Å². The number of nitrogens with zero attached hydrogens (tertiary/aromatic N) is 1. The van der Waals surface area contributed by atoms with Gasteiger partial charge < -0.3 is 20.4 Å². The average Bonchev–Trinajstić information content (AvgIpc) is 2.16. The summed E-state index contributed by atoms with van der Waals surface area (Å²) in [5, 5.41) is 20.0. The Balaban J connectivity index is 4.01. The van der Waals surface area contributed by atoms with Gasteiger partial charge in [-0.05, 0) is 5.92 Å². The first-order valence-corrected chi connectivity index (χ1v) is 5.05. The summed E-state index contributed by atoms with van der Waals surface area (Å²) in [6, 6.07) is -0.310. The van der Waals surface area contributed by atoms with Crippen LogP contribution in [-0.4, -0.2) is 47.4 Å². The van der Waals surface area contributed by atoms with E-state index in [0.717, 1.165) is 0 Å². The second kappa shape index (κ2) is 8.26. The van der Waals surface area contributed by atoms with Crippen molar-refractivity contribution in [3.63, 3.8) is 0 Å². The molecule has 0 radical (unpaired) electrons. The van der Waals surface area contributed by atoms with Crippen LogP contribution in [0, 0.1) is 5.92 Å². The summed E-state index contributed by atoms with van der Waals surface area (Å²) in [5.41, 5.74) is 0. The van der Waals surface area contributed by atoms with Gasteiger partial charge in [0.2, 0.25) is 0 Å². The van der Waals surface area contributed by atoms with Gasteiger partial charge in [-0.1, -0.05) is 19.9 Å². The van der Waals surface area contributed by atoms with E-state index in [2.05, 4.69) is 5.32 Å². The normalized spacial score (nSPS) is 11.0. The molecule has 0 atom stereocenters. The molecular weight excluding hydrogens is 196 g/mol. The number of carbonyl (C=O) groups is 1. The number of allylic oxidation sites excluding steroid dienone is 1. The zero-order chi connectivity index (χ0) is 11.7. The van der Waals surface area contributed by atoms with Crippen molar-refractivity contribution in [3.05, 3.63) is 12.3 Å². The molecule has 0 aromatic rings. The minimum atomic E-state index is -0.310. The van der Waals surface area contributed by atoms with Crippen LogP contribution in [-0.2, 0) is 0 Å². The summed E-state index contributed by atoms with van der Waals surface area (Å²) in [4.78, 5) is 12.8. The number of hydrogen-bond donors (Lipinski definition) is 3. The van der Waals surface area contributed by atoms with E-state index in [4.69, 9.17) is 10.2 Å². The molecule has 0 aliphatic heterocycles. The van der Waals surface area contributed by atoms with Crippen molar-refractivity contribution in [2.45, 2.75) is 13.8 Å². The second-order valence-corrected chi connectivity index (χ2v) is 3.49. The van der Waals surface area contributed by atoms with Crippen LogP contribution in [0.15, 0.2) is 12.3 Å². The lowest BCUT2D eigenvalue weighted by Crippen LogP contribution is -2.41. The Morgan fingerprint density at radius 1 is 1.33 bits per heavy atom. The lowest BCUT2D eigenvalue weighted by molar-refractivity contribution is 0.161. The topological polar surface area (TPSA) is 72.8 Å². The van der Waals surface area contributed by atoms with E-state index in [1.165, 1.54) is 4.90 Å². The molecule has 0 bridgehead atoms. The molecule has 15 heavy (non-hydrogen) atoms. The van der Waals surface area contributed by atoms with E-state index in [9.17, 15) is 4.79 Å². The fourth-order valence-electron chi connectivity index (χ4n) is 0.959. The number of amides is 2. The standard InChI is InChI=1S/C10H20N2O3/c1-9(2)3-4-11-10(15)12(5-7-13)6-8-14/h3-4,9,13-14H,5-8H2,1-2H3,(H,11,15)/b4-3+. The number of rotatable bonds is 6. The Bertz CT molecular complexity index is 199. The molecule has 2 amide bonds. The average molecular weight is 216 g/mol. The van der Waals surface area contributed by atoms with Crippen LogP contribution in [0.25, 0.3) is 0 Å². The summed E-state index contributed by atoms with van der Waals surface area (Å²) in [7, 11) is 0. The molecule has 88 valence electrons. The minimum Gasteiger partial charge on any atom is -0.395 e. The van der Waals surface area contributed by atoms with Gasteiger partial charge in [0.25, 0.3) is 0 Å². The lowest BCUT2D eigenvalue weighted by Gasteiger charge is -2.19. The van der Waals surface area contributed by atoms with Crippen LogP contribution in [0.1, 0.15) is 13.8 Å². The smallest absolute Gasteiger partial charge is 0.321 e. The van der Waals surface area contributed by atoms with Gasteiger partial charge in [-0.15, -0.1) is 0 Å². The van der Waals surface area contributed by atoms with Gasteiger partial charge in [-0.3, -0.25) is 0 Å². The number of aliphatic hydroxyl groups excluding tert-OH is 2. The van der Waals surface area contributed by atoms with Crippen molar-refractivity contribution in [3.8, 4) is 0 Å². The Hall–Kier alpha value is -1.07. The number of urea groups is 1. The highest BCUT2D eigenvalue weighted by atomic mass is 16.3. The minimum absolute atomic E-state index is 0.110. The lowest BCUT2D eigenvalue weighted by atomic mass is 10.2. The molecule has 0 rings (SSSR count). The maximum absolute atomic E-state index is 11.4. The van der Waals surface area contributed by atoms with Crippen LogP contribution in [0.5, 0.6) is 0 Å². The van der Waals surface area contributed by atoms with Crippen molar-refractivity contribution in [1.29, 1.82) is 0 Å². The van der Waals surface area contributed by atoms with E-state index < -0.39 is 0 Å². The molecule has 0 aliphatic rings. The van der Waals surface area contributed by atoms with Gasteiger partial charge in [0.1, 0.15) is 0 Å². The third-order valence-electron chi connectivity index (χ3n) is 1.71. The quantitative estimate of drug-likeness (QED) is 0.592. The Labute approximate surface area is 90.4 Å². The van der Waals surface area contributed by atoms with Gasteiger partial charge in [0.05, 0.1) is 13.2 Å². The van der Waals surface area contributed by atoms with Crippen molar-refractivity contribution in [2.24, 2.45) is 5.92 Å². The largest absolute Gasteiger partial charge is 0.395 e. The van der Waals surface area contributed by atoms with Crippen LogP contribution in [0.3, 0.4) is 0 Å². The Morgan fingerprint density at radius 3 is 2.27 bits per heavy atom. The van der Waals surface area contributed by atoms with Crippen molar-refractivity contribution in [1.82, 2.24) is 10.2 Å². The molecule has 0 fully saturated rings. The maximum atomic E-state index is 11.4. The Morgan fingerprint density at radius 2 is 1.87 bits per heavy atom. The monoisotopic (exact) mass is 216 g/mol. The van der Waals surface area contributed by atoms with E-state index in [1.54, 1.807) is 6.20 Å².